The van der Waals surface area contributed by atoms with Gasteiger partial charge in [-0.2, -0.15) is 4.98 Å². The number of benzene rings is 1. The van der Waals surface area contributed by atoms with Crippen LogP contribution in [0.3, 0.4) is 0 Å². The fraction of sp³-hybridized carbons (Fsp3) is 0.273. The molecular formula is C11H11BrClN3O. The van der Waals surface area contributed by atoms with E-state index in [0.717, 1.165) is 16.5 Å². The maximum absolute atomic E-state index is 5.92. The van der Waals surface area contributed by atoms with Crippen molar-refractivity contribution in [1.29, 1.82) is 0 Å². The van der Waals surface area contributed by atoms with E-state index in [2.05, 4.69) is 26.1 Å². The number of nitrogens with zero attached hydrogens (tertiary/aromatic N) is 2. The van der Waals surface area contributed by atoms with Crippen LogP contribution >= 0.6 is 27.5 Å². The highest BCUT2D eigenvalue weighted by atomic mass is 79.9. The van der Waals surface area contributed by atoms with Gasteiger partial charge in [-0.05, 0) is 47.1 Å². The Hall–Kier alpha value is -0.910. The average Bonchev–Trinajstić information content (AvgIpc) is 2.79. The fourth-order valence-electron chi connectivity index (χ4n) is 1.36. The van der Waals surface area contributed by atoms with Crippen LogP contribution < -0.4 is 5.73 Å². The minimum atomic E-state index is 0.564. The normalized spacial score (nSPS) is 10.8. The summed E-state index contributed by atoms with van der Waals surface area (Å²) < 4.78 is 5.94. The first-order chi connectivity index (χ1) is 8.20. The maximum atomic E-state index is 5.92. The van der Waals surface area contributed by atoms with E-state index in [1.165, 1.54) is 0 Å². The predicted molar refractivity (Wildman–Crippen MR) is 69.8 cm³/mol. The highest BCUT2D eigenvalue weighted by Gasteiger charge is 2.09. The summed E-state index contributed by atoms with van der Waals surface area (Å²) in [5, 5.41) is 4.57. The first-order valence-corrected chi connectivity index (χ1v) is 6.36. The van der Waals surface area contributed by atoms with Crippen molar-refractivity contribution in [3.8, 4) is 11.4 Å². The van der Waals surface area contributed by atoms with Gasteiger partial charge in [-0.1, -0.05) is 16.8 Å². The molecule has 0 atom stereocenters. The van der Waals surface area contributed by atoms with Crippen molar-refractivity contribution in [1.82, 2.24) is 10.1 Å². The Labute approximate surface area is 112 Å². The number of hydrogen-bond donors (Lipinski definition) is 1. The molecule has 90 valence electrons. The molecule has 1 aromatic heterocycles. The number of halogens is 2. The zero-order chi connectivity index (χ0) is 12.3. The summed E-state index contributed by atoms with van der Waals surface area (Å²) in [5.74, 6) is 1.17. The monoisotopic (exact) mass is 315 g/mol. The molecule has 0 fully saturated rings. The maximum Gasteiger partial charge on any atom is 0.227 e. The highest BCUT2D eigenvalue weighted by molar-refractivity contribution is 9.10. The second-order valence-electron chi connectivity index (χ2n) is 3.53. The lowest BCUT2D eigenvalue weighted by atomic mass is 10.2. The third kappa shape index (κ3) is 3.06. The van der Waals surface area contributed by atoms with E-state index in [1.54, 1.807) is 6.07 Å². The Kier molecular flexibility index (Phi) is 4.15. The molecular weight excluding hydrogens is 305 g/mol. The molecule has 0 aliphatic rings. The average molecular weight is 317 g/mol. The quantitative estimate of drug-likeness (QED) is 0.941. The van der Waals surface area contributed by atoms with Crippen LogP contribution in [0, 0.1) is 0 Å². The van der Waals surface area contributed by atoms with Gasteiger partial charge in [0, 0.05) is 16.5 Å². The Morgan fingerprint density at radius 1 is 1.41 bits per heavy atom. The molecule has 0 radical (unpaired) electrons. The molecule has 0 aliphatic carbocycles. The Bertz CT molecular complexity index is 515. The van der Waals surface area contributed by atoms with Gasteiger partial charge in [0.05, 0.1) is 5.02 Å². The minimum Gasteiger partial charge on any atom is -0.339 e. The third-order valence-electron chi connectivity index (χ3n) is 2.24. The van der Waals surface area contributed by atoms with E-state index in [0.29, 0.717) is 29.7 Å². The van der Waals surface area contributed by atoms with E-state index in [4.69, 9.17) is 21.9 Å². The second-order valence-corrected chi connectivity index (χ2v) is 4.79. The number of aryl methyl sites for hydroxylation is 1. The van der Waals surface area contributed by atoms with E-state index >= 15 is 0 Å². The summed E-state index contributed by atoms with van der Waals surface area (Å²) in [6, 6.07) is 5.50. The van der Waals surface area contributed by atoms with E-state index < -0.39 is 0 Å². The SMILES string of the molecule is NCCCc1nc(-c2ccc(Cl)c(Br)c2)no1. The molecule has 0 unspecified atom stereocenters. The third-order valence-corrected chi connectivity index (χ3v) is 3.45. The van der Waals surface area contributed by atoms with Crippen LogP contribution in [0.25, 0.3) is 11.4 Å². The number of hydrogen-bond acceptors (Lipinski definition) is 4. The largest absolute Gasteiger partial charge is 0.339 e. The molecule has 17 heavy (non-hydrogen) atoms. The zero-order valence-electron chi connectivity index (χ0n) is 8.99. The molecule has 0 bridgehead atoms. The van der Waals surface area contributed by atoms with Crippen molar-refractivity contribution in [3.63, 3.8) is 0 Å². The molecule has 6 heteroatoms. The number of aromatic nitrogens is 2. The summed E-state index contributed by atoms with van der Waals surface area (Å²) >= 11 is 9.27. The lowest BCUT2D eigenvalue weighted by Crippen LogP contribution is -2.00. The molecule has 0 amide bonds. The van der Waals surface area contributed by atoms with Crippen LogP contribution in [0.1, 0.15) is 12.3 Å². The zero-order valence-corrected chi connectivity index (χ0v) is 11.3. The molecule has 1 heterocycles. The van der Waals surface area contributed by atoms with E-state index in [-0.39, 0.29) is 0 Å². The van der Waals surface area contributed by atoms with Crippen molar-refractivity contribution >= 4 is 27.5 Å². The van der Waals surface area contributed by atoms with Gasteiger partial charge in [-0.25, -0.2) is 0 Å². The Balaban J connectivity index is 2.21. The van der Waals surface area contributed by atoms with Gasteiger partial charge in [-0.3, -0.25) is 0 Å². The summed E-state index contributed by atoms with van der Waals surface area (Å²) in [5.41, 5.74) is 6.28. The van der Waals surface area contributed by atoms with Crippen molar-refractivity contribution in [3.05, 3.63) is 33.6 Å². The fourth-order valence-corrected chi connectivity index (χ4v) is 1.86. The van der Waals surface area contributed by atoms with Crippen LogP contribution in [0.2, 0.25) is 5.02 Å². The van der Waals surface area contributed by atoms with Gasteiger partial charge >= 0.3 is 0 Å². The molecule has 1 aromatic carbocycles. The highest BCUT2D eigenvalue weighted by Crippen LogP contribution is 2.27. The van der Waals surface area contributed by atoms with E-state index in [9.17, 15) is 0 Å². The van der Waals surface area contributed by atoms with Crippen LogP contribution in [0.4, 0.5) is 0 Å². The Morgan fingerprint density at radius 3 is 2.94 bits per heavy atom. The predicted octanol–water partition coefficient (Wildman–Crippen LogP) is 3.04. The molecule has 0 saturated carbocycles. The van der Waals surface area contributed by atoms with Crippen molar-refractivity contribution < 1.29 is 4.52 Å². The summed E-state index contributed by atoms with van der Waals surface area (Å²) in [4.78, 5) is 4.29. The summed E-state index contributed by atoms with van der Waals surface area (Å²) in [6.45, 7) is 0.615. The molecule has 0 spiro atoms. The van der Waals surface area contributed by atoms with Gasteiger partial charge in [0.25, 0.3) is 0 Å². The molecule has 4 nitrogen and oxygen atoms in total. The van der Waals surface area contributed by atoms with Gasteiger partial charge in [-0.15, -0.1) is 0 Å². The van der Waals surface area contributed by atoms with Crippen LogP contribution in [0.5, 0.6) is 0 Å². The minimum absolute atomic E-state index is 0.564. The number of rotatable bonds is 4. The standard InChI is InChI=1S/C11H11BrClN3O/c12-8-6-7(3-4-9(8)13)11-15-10(17-16-11)2-1-5-14/h3-4,6H,1-2,5,14H2. The smallest absolute Gasteiger partial charge is 0.227 e. The second kappa shape index (κ2) is 5.62. The molecule has 0 aliphatic heterocycles. The van der Waals surface area contributed by atoms with Crippen LogP contribution in [-0.2, 0) is 6.42 Å². The van der Waals surface area contributed by atoms with Crippen LogP contribution in [-0.4, -0.2) is 16.7 Å². The molecule has 0 saturated heterocycles. The van der Waals surface area contributed by atoms with Gasteiger partial charge in [0.15, 0.2) is 0 Å². The summed E-state index contributed by atoms with van der Waals surface area (Å²) in [7, 11) is 0. The summed E-state index contributed by atoms with van der Waals surface area (Å²) in [6.07, 6.45) is 1.55. The van der Waals surface area contributed by atoms with E-state index in [1.807, 2.05) is 12.1 Å². The van der Waals surface area contributed by atoms with Crippen molar-refractivity contribution in [2.24, 2.45) is 5.73 Å². The number of nitrogens with two attached hydrogens (primary N) is 1. The first-order valence-electron chi connectivity index (χ1n) is 5.19. The van der Waals surface area contributed by atoms with Gasteiger partial charge in [0.2, 0.25) is 11.7 Å². The lowest BCUT2D eigenvalue weighted by molar-refractivity contribution is 0.376. The molecule has 2 N–H and O–H groups in total. The lowest BCUT2D eigenvalue weighted by Gasteiger charge is -1.97. The van der Waals surface area contributed by atoms with Gasteiger partial charge < -0.3 is 10.3 Å². The topological polar surface area (TPSA) is 64.9 Å². The first kappa shape index (κ1) is 12.5. The van der Waals surface area contributed by atoms with Gasteiger partial charge in [0.1, 0.15) is 0 Å². The van der Waals surface area contributed by atoms with Crippen molar-refractivity contribution in [2.45, 2.75) is 12.8 Å². The molecule has 2 aromatic rings. The van der Waals surface area contributed by atoms with Crippen LogP contribution in [0.15, 0.2) is 27.2 Å². The molecule has 2 rings (SSSR count). The Morgan fingerprint density at radius 2 is 2.24 bits per heavy atom. The van der Waals surface area contributed by atoms with Crippen molar-refractivity contribution in [2.75, 3.05) is 6.54 Å².